The van der Waals surface area contributed by atoms with E-state index in [0.717, 1.165) is 31.7 Å². The van der Waals surface area contributed by atoms with Crippen LogP contribution in [0.25, 0.3) is 5.52 Å². The first-order valence-electron chi connectivity index (χ1n) is 8.15. The second-order valence-corrected chi connectivity index (χ2v) is 6.41. The Bertz CT molecular complexity index is 663. The Labute approximate surface area is 144 Å². The minimum absolute atomic E-state index is 0.103. The number of aromatic nitrogens is 2. The molecule has 24 heavy (non-hydrogen) atoms. The van der Waals surface area contributed by atoms with Crippen molar-refractivity contribution in [2.24, 2.45) is 0 Å². The second-order valence-electron chi connectivity index (χ2n) is 5.34. The number of halogens is 3. The van der Waals surface area contributed by atoms with Gasteiger partial charge in [-0.05, 0) is 56.7 Å². The number of piperidine rings is 1. The number of aryl methyl sites for hydroxylation is 1. The molecule has 3 rings (SSSR count). The van der Waals surface area contributed by atoms with Gasteiger partial charge in [0, 0.05) is 6.04 Å². The molecule has 0 saturated carbocycles. The minimum atomic E-state index is -4.31. The van der Waals surface area contributed by atoms with Gasteiger partial charge in [-0.2, -0.15) is 18.3 Å². The summed E-state index contributed by atoms with van der Waals surface area (Å²) in [7, 11) is 0. The molecule has 1 saturated heterocycles. The molecule has 0 spiro atoms. The van der Waals surface area contributed by atoms with E-state index < -0.39 is 5.51 Å². The maximum atomic E-state index is 12.7. The molecule has 0 atom stereocenters. The van der Waals surface area contributed by atoms with Crippen LogP contribution in [-0.4, -0.2) is 34.3 Å². The molecular formula is C16H23F3N4S. The standard InChI is InChI=1S/C14H17F3N4S.C2H6/c1-9-13(22-14(15,16)17)11-3-2-4-12(21(11)20-9)19-10-5-7-18-8-6-10;1-2/h2-4,10,18-19H,5-8H2,1H3;1-2H3. The Hall–Kier alpha value is -1.41. The molecule has 2 N–H and O–H groups in total. The molecule has 2 aromatic heterocycles. The van der Waals surface area contributed by atoms with E-state index in [1.165, 1.54) is 0 Å². The van der Waals surface area contributed by atoms with Gasteiger partial charge in [0.15, 0.2) is 0 Å². The molecule has 0 bridgehead atoms. The molecule has 8 heteroatoms. The highest BCUT2D eigenvalue weighted by molar-refractivity contribution is 8.00. The van der Waals surface area contributed by atoms with E-state index in [2.05, 4.69) is 15.7 Å². The van der Waals surface area contributed by atoms with Gasteiger partial charge in [0.25, 0.3) is 0 Å². The van der Waals surface area contributed by atoms with E-state index >= 15 is 0 Å². The van der Waals surface area contributed by atoms with Crippen molar-refractivity contribution in [1.82, 2.24) is 14.9 Å². The van der Waals surface area contributed by atoms with Crippen molar-refractivity contribution in [2.75, 3.05) is 18.4 Å². The predicted molar refractivity (Wildman–Crippen MR) is 92.7 cm³/mol. The maximum absolute atomic E-state index is 12.7. The summed E-state index contributed by atoms with van der Waals surface area (Å²) in [6.45, 7) is 7.50. The van der Waals surface area contributed by atoms with E-state index in [9.17, 15) is 13.2 Å². The first-order valence-corrected chi connectivity index (χ1v) is 8.97. The van der Waals surface area contributed by atoms with Crippen LogP contribution in [0.1, 0.15) is 32.4 Å². The van der Waals surface area contributed by atoms with Gasteiger partial charge in [-0.3, -0.25) is 0 Å². The van der Waals surface area contributed by atoms with Gasteiger partial charge in [0.1, 0.15) is 5.82 Å². The molecular weight excluding hydrogens is 337 g/mol. The van der Waals surface area contributed by atoms with Crippen molar-refractivity contribution >= 4 is 23.1 Å². The van der Waals surface area contributed by atoms with Crippen molar-refractivity contribution in [1.29, 1.82) is 0 Å². The Morgan fingerprint density at radius 2 is 1.92 bits per heavy atom. The van der Waals surface area contributed by atoms with Gasteiger partial charge >= 0.3 is 5.51 Å². The lowest BCUT2D eigenvalue weighted by molar-refractivity contribution is -0.0328. The summed E-state index contributed by atoms with van der Waals surface area (Å²) in [5.74, 6) is 0.738. The van der Waals surface area contributed by atoms with Gasteiger partial charge < -0.3 is 10.6 Å². The Kier molecular flexibility index (Phi) is 6.40. The third-order valence-corrected chi connectivity index (χ3v) is 4.62. The number of alkyl halides is 3. The van der Waals surface area contributed by atoms with Crippen LogP contribution in [0.5, 0.6) is 0 Å². The van der Waals surface area contributed by atoms with Crippen LogP contribution in [0.15, 0.2) is 23.1 Å². The lowest BCUT2D eigenvalue weighted by atomic mass is 10.1. The van der Waals surface area contributed by atoms with E-state index in [4.69, 9.17) is 0 Å². The molecule has 4 nitrogen and oxygen atoms in total. The predicted octanol–water partition coefficient (Wildman–Crippen LogP) is 4.44. The SMILES string of the molecule is CC.Cc1nn2c(NC3CCNCC3)cccc2c1SC(F)(F)F. The summed E-state index contributed by atoms with van der Waals surface area (Å²) in [6, 6.07) is 5.60. The Morgan fingerprint density at radius 1 is 1.25 bits per heavy atom. The molecule has 0 amide bonds. The molecule has 134 valence electrons. The number of thioether (sulfide) groups is 1. The normalized spacial score (nSPS) is 15.9. The van der Waals surface area contributed by atoms with Gasteiger partial charge in [-0.1, -0.05) is 19.9 Å². The summed E-state index contributed by atoms with van der Waals surface area (Å²) in [5.41, 5.74) is -3.44. The van der Waals surface area contributed by atoms with Crippen molar-refractivity contribution in [2.45, 2.75) is 50.1 Å². The topological polar surface area (TPSA) is 41.4 Å². The maximum Gasteiger partial charge on any atom is 0.446 e. The summed E-state index contributed by atoms with van der Waals surface area (Å²) in [4.78, 5) is 0.168. The molecule has 1 fully saturated rings. The monoisotopic (exact) mass is 360 g/mol. The van der Waals surface area contributed by atoms with Crippen LogP contribution >= 0.6 is 11.8 Å². The molecule has 1 aliphatic heterocycles. The van der Waals surface area contributed by atoms with Crippen LogP contribution in [0.3, 0.4) is 0 Å². The van der Waals surface area contributed by atoms with Crippen LogP contribution < -0.4 is 10.6 Å². The summed E-state index contributed by atoms with van der Waals surface area (Å²) in [5, 5.41) is 11.0. The number of pyridine rings is 1. The number of anilines is 1. The van der Waals surface area contributed by atoms with Crippen LogP contribution in [0.4, 0.5) is 19.0 Å². The zero-order chi connectivity index (χ0) is 17.7. The lowest BCUT2D eigenvalue weighted by Crippen LogP contribution is -2.35. The molecule has 2 aromatic rings. The van der Waals surface area contributed by atoms with Crippen molar-refractivity contribution in [3.63, 3.8) is 0 Å². The average molecular weight is 360 g/mol. The van der Waals surface area contributed by atoms with E-state index in [-0.39, 0.29) is 16.7 Å². The summed E-state index contributed by atoms with van der Waals surface area (Å²) >= 11 is -0.103. The van der Waals surface area contributed by atoms with Crippen LogP contribution in [0.2, 0.25) is 0 Å². The minimum Gasteiger partial charge on any atom is -0.367 e. The second kappa shape index (κ2) is 8.11. The smallest absolute Gasteiger partial charge is 0.367 e. The number of hydrogen-bond donors (Lipinski definition) is 2. The summed E-state index contributed by atoms with van der Waals surface area (Å²) in [6.07, 6.45) is 1.97. The number of hydrogen-bond acceptors (Lipinski definition) is 4. The van der Waals surface area contributed by atoms with Crippen molar-refractivity contribution in [3.8, 4) is 0 Å². The quantitative estimate of drug-likeness (QED) is 0.794. The molecule has 0 unspecified atom stereocenters. The first-order chi connectivity index (χ1) is 11.4. The van der Waals surface area contributed by atoms with Gasteiger partial charge in [-0.15, -0.1) is 0 Å². The molecule has 0 aromatic carbocycles. The van der Waals surface area contributed by atoms with Crippen LogP contribution in [0, 0.1) is 6.92 Å². The first kappa shape index (κ1) is 18.9. The van der Waals surface area contributed by atoms with E-state index in [1.54, 1.807) is 23.6 Å². The Morgan fingerprint density at radius 3 is 2.54 bits per heavy atom. The van der Waals surface area contributed by atoms with Crippen LogP contribution in [-0.2, 0) is 0 Å². The van der Waals surface area contributed by atoms with Crippen molar-refractivity contribution < 1.29 is 13.2 Å². The zero-order valence-electron chi connectivity index (χ0n) is 14.1. The summed E-state index contributed by atoms with van der Waals surface area (Å²) < 4.78 is 39.7. The molecule has 0 aliphatic carbocycles. The highest BCUT2D eigenvalue weighted by Gasteiger charge is 2.32. The number of nitrogens with zero attached hydrogens (tertiary/aromatic N) is 2. The number of rotatable bonds is 3. The lowest BCUT2D eigenvalue weighted by Gasteiger charge is -2.24. The number of nitrogens with one attached hydrogen (secondary N) is 2. The van der Waals surface area contributed by atoms with Gasteiger partial charge in [0.05, 0.1) is 16.1 Å². The number of fused-ring (bicyclic) bond motifs is 1. The van der Waals surface area contributed by atoms with E-state index in [1.807, 2.05) is 19.9 Å². The Balaban J connectivity index is 0.00000100. The highest BCUT2D eigenvalue weighted by atomic mass is 32.2. The highest BCUT2D eigenvalue weighted by Crippen LogP contribution is 2.41. The molecule has 3 heterocycles. The molecule has 1 aliphatic rings. The average Bonchev–Trinajstić information content (AvgIpc) is 2.86. The molecule has 0 radical (unpaired) electrons. The van der Waals surface area contributed by atoms with Crippen molar-refractivity contribution in [3.05, 3.63) is 23.9 Å². The largest absolute Gasteiger partial charge is 0.446 e. The third-order valence-electron chi connectivity index (χ3n) is 3.68. The fraction of sp³-hybridized carbons (Fsp3) is 0.562. The third kappa shape index (κ3) is 4.57. The van der Waals surface area contributed by atoms with Gasteiger partial charge in [0.2, 0.25) is 0 Å². The zero-order valence-corrected chi connectivity index (χ0v) is 14.9. The fourth-order valence-electron chi connectivity index (χ4n) is 2.69. The fourth-order valence-corrected chi connectivity index (χ4v) is 3.37. The van der Waals surface area contributed by atoms with E-state index in [0.29, 0.717) is 17.3 Å². The van der Waals surface area contributed by atoms with Gasteiger partial charge in [-0.25, -0.2) is 4.52 Å².